The van der Waals surface area contributed by atoms with Gasteiger partial charge in [-0.2, -0.15) is 4.31 Å². The van der Waals surface area contributed by atoms with Gasteiger partial charge in [0.2, 0.25) is 10.0 Å². The first-order valence-corrected chi connectivity index (χ1v) is 12.5. The molecule has 2 aromatic carbocycles. The summed E-state index contributed by atoms with van der Waals surface area (Å²) in [6, 6.07) is 10.5. The number of piperazine rings is 1. The van der Waals surface area contributed by atoms with Gasteiger partial charge in [-0.15, -0.1) is 0 Å². The number of benzene rings is 2. The van der Waals surface area contributed by atoms with Crippen LogP contribution in [0.3, 0.4) is 0 Å². The van der Waals surface area contributed by atoms with Crippen molar-refractivity contribution in [3.63, 3.8) is 0 Å². The SMILES string of the molecule is C[C@@H](NC(=O)c1cc(S(=O)(=O)N2CCN(C)CC2)ccc1Cl)c1ccc2c(c1)CCC2. The molecule has 6 nitrogen and oxygen atoms in total. The Labute approximate surface area is 189 Å². The van der Waals surface area contributed by atoms with Crippen LogP contribution in [-0.2, 0) is 22.9 Å². The van der Waals surface area contributed by atoms with Crippen molar-refractivity contribution in [3.8, 4) is 0 Å². The van der Waals surface area contributed by atoms with E-state index in [0.29, 0.717) is 26.2 Å². The Morgan fingerprint density at radius 2 is 1.74 bits per heavy atom. The predicted molar refractivity (Wildman–Crippen MR) is 122 cm³/mol. The van der Waals surface area contributed by atoms with Gasteiger partial charge >= 0.3 is 0 Å². The number of aryl methyl sites for hydroxylation is 2. The summed E-state index contributed by atoms with van der Waals surface area (Å²) in [5, 5.41) is 3.20. The fourth-order valence-electron chi connectivity index (χ4n) is 4.24. The topological polar surface area (TPSA) is 69.7 Å². The molecule has 1 aliphatic carbocycles. The largest absolute Gasteiger partial charge is 0.345 e. The van der Waals surface area contributed by atoms with Gasteiger partial charge in [-0.25, -0.2) is 8.42 Å². The van der Waals surface area contributed by atoms with Crippen molar-refractivity contribution in [1.29, 1.82) is 0 Å². The van der Waals surface area contributed by atoms with Gasteiger partial charge < -0.3 is 10.2 Å². The van der Waals surface area contributed by atoms with Gasteiger partial charge in [-0.3, -0.25) is 4.79 Å². The van der Waals surface area contributed by atoms with E-state index < -0.39 is 10.0 Å². The third kappa shape index (κ3) is 4.65. The number of rotatable bonds is 5. The first-order valence-electron chi connectivity index (χ1n) is 10.7. The lowest BCUT2D eigenvalue weighted by molar-refractivity contribution is 0.0940. The van der Waals surface area contributed by atoms with Gasteiger partial charge in [0.25, 0.3) is 5.91 Å². The molecule has 1 heterocycles. The molecule has 1 saturated heterocycles. The summed E-state index contributed by atoms with van der Waals surface area (Å²) in [6.45, 7) is 4.14. The number of fused-ring (bicyclic) bond motifs is 1. The van der Waals surface area contributed by atoms with Crippen LogP contribution in [0.1, 0.15) is 46.4 Å². The summed E-state index contributed by atoms with van der Waals surface area (Å²) in [7, 11) is -1.71. The van der Waals surface area contributed by atoms with Crippen molar-refractivity contribution in [2.24, 2.45) is 0 Å². The molecule has 1 aliphatic heterocycles. The van der Waals surface area contributed by atoms with Crippen molar-refractivity contribution < 1.29 is 13.2 Å². The number of nitrogens with one attached hydrogen (secondary N) is 1. The Hall–Kier alpha value is -1.93. The Balaban J connectivity index is 1.53. The van der Waals surface area contributed by atoms with Crippen LogP contribution in [0, 0.1) is 0 Å². The van der Waals surface area contributed by atoms with Gasteiger partial charge in [-0.05, 0) is 68.1 Å². The van der Waals surface area contributed by atoms with Crippen LogP contribution < -0.4 is 5.32 Å². The number of hydrogen-bond acceptors (Lipinski definition) is 4. The second kappa shape index (κ2) is 8.90. The summed E-state index contributed by atoms with van der Waals surface area (Å²) in [4.78, 5) is 15.2. The van der Waals surface area contributed by atoms with Crippen molar-refractivity contribution in [1.82, 2.24) is 14.5 Å². The van der Waals surface area contributed by atoms with Gasteiger partial charge in [0.1, 0.15) is 0 Å². The Bertz CT molecular complexity index is 1100. The van der Waals surface area contributed by atoms with Crippen LogP contribution in [0.15, 0.2) is 41.3 Å². The van der Waals surface area contributed by atoms with Crippen molar-refractivity contribution >= 4 is 27.5 Å². The quantitative estimate of drug-likeness (QED) is 0.742. The van der Waals surface area contributed by atoms with Crippen LogP contribution in [0.25, 0.3) is 0 Å². The van der Waals surface area contributed by atoms with Crippen LogP contribution in [0.4, 0.5) is 0 Å². The zero-order valence-corrected chi connectivity index (χ0v) is 19.5. The molecule has 4 rings (SSSR count). The number of hydrogen-bond donors (Lipinski definition) is 1. The Kier molecular flexibility index (Phi) is 6.40. The summed E-state index contributed by atoms with van der Waals surface area (Å²) in [5.41, 5.74) is 3.93. The van der Waals surface area contributed by atoms with E-state index in [1.54, 1.807) is 0 Å². The molecule has 1 amide bonds. The zero-order valence-electron chi connectivity index (χ0n) is 17.9. The number of amides is 1. The van der Waals surface area contributed by atoms with E-state index in [4.69, 9.17) is 11.6 Å². The summed E-state index contributed by atoms with van der Waals surface area (Å²) in [5.74, 6) is -0.381. The molecule has 166 valence electrons. The molecule has 0 radical (unpaired) electrons. The molecule has 2 aromatic rings. The summed E-state index contributed by atoms with van der Waals surface area (Å²) >= 11 is 6.28. The molecule has 31 heavy (non-hydrogen) atoms. The molecule has 2 aliphatic rings. The lowest BCUT2D eigenvalue weighted by Crippen LogP contribution is -2.47. The van der Waals surface area contributed by atoms with Crippen LogP contribution in [0.5, 0.6) is 0 Å². The maximum Gasteiger partial charge on any atom is 0.253 e. The molecule has 8 heteroatoms. The average molecular weight is 462 g/mol. The normalized spacial score (nSPS) is 18.5. The number of carbonyl (C=O) groups is 1. The van der Waals surface area contributed by atoms with Gasteiger partial charge in [-0.1, -0.05) is 29.8 Å². The highest BCUT2D eigenvalue weighted by atomic mass is 35.5. The minimum Gasteiger partial charge on any atom is -0.345 e. The Morgan fingerprint density at radius 3 is 2.48 bits per heavy atom. The number of likely N-dealkylation sites (N-methyl/N-ethyl adjacent to an activating group) is 1. The molecule has 0 bridgehead atoms. The van der Waals surface area contributed by atoms with Gasteiger partial charge in [0, 0.05) is 26.2 Å². The third-order valence-corrected chi connectivity index (χ3v) is 8.48. The molecular weight excluding hydrogens is 434 g/mol. The molecule has 1 fully saturated rings. The first kappa shape index (κ1) is 22.3. The average Bonchev–Trinajstić information content (AvgIpc) is 3.22. The molecule has 0 spiro atoms. The van der Waals surface area contributed by atoms with E-state index in [1.807, 2.05) is 20.0 Å². The molecule has 1 N–H and O–H groups in total. The number of carbonyl (C=O) groups excluding carboxylic acids is 1. The van der Waals surface area contributed by atoms with Crippen molar-refractivity contribution in [2.45, 2.75) is 37.1 Å². The summed E-state index contributed by atoms with van der Waals surface area (Å²) < 4.78 is 27.6. The molecule has 1 atom stereocenters. The highest BCUT2D eigenvalue weighted by Gasteiger charge is 2.29. The third-order valence-electron chi connectivity index (χ3n) is 6.25. The highest BCUT2D eigenvalue weighted by molar-refractivity contribution is 7.89. The van der Waals surface area contributed by atoms with E-state index >= 15 is 0 Å². The monoisotopic (exact) mass is 461 g/mol. The zero-order chi connectivity index (χ0) is 22.2. The molecule has 0 saturated carbocycles. The molecular formula is C23H28ClN3O3S. The van der Waals surface area contributed by atoms with Crippen molar-refractivity contribution in [2.75, 3.05) is 33.2 Å². The van der Waals surface area contributed by atoms with Crippen molar-refractivity contribution in [3.05, 3.63) is 63.7 Å². The minimum atomic E-state index is -3.68. The lowest BCUT2D eigenvalue weighted by atomic mass is 10.0. The second-order valence-corrected chi connectivity index (χ2v) is 10.8. The maximum atomic E-state index is 13.1. The molecule has 0 unspecified atom stereocenters. The number of nitrogens with zero attached hydrogens (tertiary/aromatic N) is 2. The smallest absolute Gasteiger partial charge is 0.253 e. The number of halogens is 1. The fraction of sp³-hybridized carbons (Fsp3) is 0.435. The lowest BCUT2D eigenvalue weighted by Gasteiger charge is -2.31. The van der Waals surface area contributed by atoms with Crippen LogP contribution in [0.2, 0.25) is 5.02 Å². The van der Waals surface area contributed by atoms with Gasteiger partial charge in [0.15, 0.2) is 0 Å². The maximum absolute atomic E-state index is 13.1. The Morgan fingerprint density at radius 1 is 1.03 bits per heavy atom. The molecule has 0 aromatic heterocycles. The van der Waals surface area contributed by atoms with E-state index in [2.05, 4.69) is 22.3 Å². The van der Waals surface area contributed by atoms with Crippen LogP contribution in [-0.4, -0.2) is 56.8 Å². The van der Waals surface area contributed by atoms with E-state index in [-0.39, 0.29) is 27.4 Å². The fourth-order valence-corrected chi connectivity index (χ4v) is 5.89. The number of sulfonamides is 1. The van der Waals surface area contributed by atoms with E-state index in [0.717, 1.165) is 18.4 Å². The second-order valence-electron chi connectivity index (χ2n) is 8.43. The van der Waals surface area contributed by atoms with E-state index in [1.165, 1.54) is 40.1 Å². The first-order chi connectivity index (χ1) is 14.8. The van der Waals surface area contributed by atoms with Gasteiger partial charge in [0.05, 0.1) is 21.5 Å². The van der Waals surface area contributed by atoms with E-state index in [9.17, 15) is 13.2 Å². The standard InChI is InChI=1S/C23H28ClN3O3S/c1-16(18-7-6-17-4-3-5-19(17)14-18)25-23(28)21-15-20(8-9-22(21)24)31(29,30)27-12-10-26(2)11-13-27/h6-9,14-16H,3-5,10-13H2,1-2H3,(H,25,28)/t16-/m1/s1. The summed E-state index contributed by atoms with van der Waals surface area (Å²) in [6.07, 6.45) is 3.35. The van der Waals surface area contributed by atoms with Crippen LogP contribution >= 0.6 is 11.6 Å². The minimum absolute atomic E-state index is 0.0942. The predicted octanol–water partition coefficient (Wildman–Crippen LogP) is 3.26. The highest BCUT2D eigenvalue weighted by Crippen LogP contribution is 2.27.